The Morgan fingerprint density at radius 2 is 1.94 bits per heavy atom. The van der Waals surface area contributed by atoms with Crippen LogP contribution in [0.25, 0.3) is 0 Å². The van der Waals surface area contributed by atoms with Crippen LogP contribution in [-0.2, 0) is 6.42 Å². The molecule has 0 saturated carbocycles. The molecule has 2 rings (SSSR count). The minimum atomic E-state index is -1.14. The molecule has 0 amide bonds. The fourth-order valence-corrected chi connectivity index (χ4v) is 6.81. The summed E-state index contributed by atoms with van der Waals surface area (Å²) >= 11 is 0. The lowest BCUT2D eigenvalue weighted by molar-refractivity contribution is 0.627. The minimum absolute atomic E-state index is 0.997. The first-order valence-electron chi connectivity index (χ1n) is 6.74. The molecule has 0 aromatic heterocycles. The van der Waals surface area contributed by atoms with Gasteiger partial charge in [-0.3, -0.25) is 0 Å². The van der Waals surface area contributed by atoms with Crippen molar-refractivity contribution in [2.45, 2.75) is 57.7 Å². The second kappa shape index (κ2) is 4.75. The SMILES string of the molecule is CCCCC[C@@H]1Cc2ccccc2[Si]1(C)C. The normalized spacial score (nSPS) is 22.1. The predicted octanol–water partition coefficient (Wildman–Crippen LogP) is 4.11. The summed E-state index contributed by atoms with van der Waals surface area (Å²) in [4.78, 5) is 0. The van der Waals surface area contributed by atoms with Gasteiger partial charge in [-0.25, -0.2) is 0 Å². The van der Waals surface area contributed by atoms with E-state index in [0.717, 1.165) is 5.54 Å². The molecule has 0 radical (unpaired) electrons. The topological polar surface area (TPSA) is 0 Å². The van der Waals surface area contributed by atoms with E-state index in [4.69, 9.17) is 0 Å². The van der Waals surface area contributed by atoms with Gasteiger partial charge in [0.1, 0.15) is 0 Å². The first-order valence-corrected chi connectivity index (χ1v) is 9.82. The molecule has 0 unspecified atom stereocenters. The summed E-state index contributed by atoms with van der Waals surface area (Å²) in [5, 5.41) is 1.73. The van der Waals surface area contributed by atoms with Crippen LogP contribution in [0.4, 0.5) is 0 Å². The third kappa shape index (κ3) is 2.10. The van der Waals surface area contributed by atoms with E-state index in [9.17, 15) is 0 Å². The Kier molecular flexibility index (Phi) is 3.53. The van der Waals surface area contributed by atoms with E-state index >= 15 is 0 Å². The molecule has 0 bridgehead atoms. The number of rotatable bonds is 4. The Labute approximate surface area is 101 Å². The zero-order valence-corrected chi connectivity index (χ0v) is 11.9. The van der Waals surface area contributed by atoms with Crippen LogP contribution in [0.1, 0.15) is 38.2 Å². The maximum Gasteiger partial charge on any atom is 0.0843 e. The van der Waals surface area contributed by atoms with Gasteiger partial charge in [0.2, 0.25) is 0 Å². The smallest absolute Gasteiger partial charge is 0.0654 e. The van der Waals surface area contributed by atoms with Crippen molar-refractivity contribution in [3.8, 4) is 0 Å². The molecule has 0 N–H and O–H groups in total. The van der Waals surface area contributed by atoms with Crippen molar-refractivity contribution in [1.82, 2.24) is 0 Å². The summed E-state index contributed by atoms with van der Waals surface area (Å²) < 4.78 is 0. The van der Waals surface area contributed by atoms with Crippen LogP contribution < -0.4 is 5.19 Å². The number of hydrogen-bond acceptors (Lipinski definition) is 0. The fourth-order valence-electron chi connectivity index (χ4n) is 3.17. The van der Waals surface area contributed by atoms with Crippen LogP contribution >= 0.6 is 0 Å². The van der Waals surface area contributed by atoms with Crippen molar-refractivity contribution in [2.75, 3.05) is 0 Å². The highest BCUT2D eigenvalue weighted by Crippen LogP contribution is 2.37. The summed E-state index contributed by atoms with van der Waals surface area (Å²) in [5.41, 5.74) is 2.65. The first kappa shape index (κ1) is 11.9. The summed E-state index contributed by atoms with van der Waals surface area (Å²) in [5.74, 6) is 0. The lowest BCUT2D eigenvalue weighted by Crippen LogP contribution is -2.41. The first-order chi connectivity index (χ1) is 7.66. The molecule has 1 heterocycles. The molecule has 0 aliphatic carbocycles. The Bertz CT molecular complexity index is 354. The highest BCUT2D eigenvalue weighted by Gasteiger charge is 2.40. The van der Waals surface area contributed by atoms with E-state index in [-0.39, 0.29) is 0 Å². The Hall–Kier alpha value is -0.563. The van der Waals surface area contributed by atoms with E-state index in [2.05, 4.69) is 44.3 Å². The quantitative estimate of drug-likeness (QED) is 0.541. The second-order valence-corrected chi connectivity index (χ2v) is 10.6. The van der Waals surface area contributed by atoms with Crippen LogP contribution in [0.3, 0.4) is 0 Å². The molecule has 0 fully saturated rings. The third-order valence-electron chi connectivity index (χ3n) is 4.35. The molecule has 1 heteroatoms. The molecule has 0 spiro atoms. The molecule has 16 heavy (non-hydrogen) atoms. The van der Waals surface area contributed by atoms with E-state index in [1.807, 2.05) is 0 Å². The van der Waals surface area contributed by atoms with Gasteiger partial charge < -0.3 is 0 Å². The van der Waals surface area contributed by atoms with E-state index in [0.29, 0.717) is 0 Å². The molecule has 1 aliphatic rings. The average molecular weight is 232 g/mol. The van der Waals surface area contributed by atoms with Gasteiger partial charge in [0, 0.05) is 0 Å². The van der Waals surface area contributed by atoms with Crippen molar-refractivity contribution >= 4 is 13.3 Å². The van der Waals surface area contributed by atoms with Gasteiger partial charge in [-0.2, -0.15) is 0 Å². The molecule has 1 aliphatic heterocycles. The van der Waals surface area contributed by atoms with Gasteiger partial charge in [-0.15, -0.1) is 0 Å². The molecular weight excluding hydrogens is 208 g/mol. The maximum absolute atomic E-state index is 2.56. The monoisotopic (exact) mass is 232 g/mol. The van der Waals surface area contributed by atoms with Crippen LogP contribution in [0.15, 0.2) is 24.3 Å². The fraction of sp³-hybridized carbons (Fsp3) is 0.600. The molecule has 1 aromatic carbocycles. The second-order valence-electron chi connectivity index (χ2n) is 5.78. The predicted molar refractivity (Wildman–Crippen MR) is 75.2 cm³/mol. The van der Waals surface area contributed by atoms with E-state index in [1.165, 1.54) is 32.1 Å². The number of hydrogen-bond donors (Lipinski definition) is 0. The van der Waals surface area contributed by atoms with Crippen molar-refractivity contribution in [1.29, 1.82) is 0 Å². The number of fused-ring (bicyclic) bond motifs is 1. The highest BCUT2D eigenvalue weighted by atomic mass is 28.3. The summed E-state index contributed by atoms with van der Waals surface area (Å²) in [6, 6.07) is 9.17. The summed E-state index contributed by atoms with van der Waals surface area (Å²) in [7, 11) is -1.14. The lowest BCUT2D eigenvalue weighted by atomic mass is 10.1. The Morgan fingerprint density at radius 1 is 1.19 bits per heavy atom. The van der Waals surface area contributed by atoms with E-state index in [1.54, 1.807) is 10.8 Å². The zero-order valence-electron chi connectivity index (χ0n) is 10.9. The average Bonchev–Trinajstić information content (AvgIpc) is 2.52. The van der Waals surface area contributed by atoms with Crippen LogP contribution in [0, 0.1) is 0 Å². The number of benzene rings is 1. The molecule has 1 atom stereocenters. The molecule has 0 nitrogen and oxygen atoms in total. The molecule has 88 valence electrons. The van der Waals surface area contributed by atoms with Crippen molar-refractivity contribution in [3.63, 3.8) is 0 Å². The van der Waals surface area contributed by atoms with Crippen molar-refractivity contribution in [2.24, 2.45) is 0 Å². The molecular formula is C15H24Si. The zero-order chi connectivity index (χ0) is 11.6. The van der Waals surface area contributed by atoms with Crippen molar-refractivity contribution < 1.29 is 0 Å². The van der Waals surface area contributed by atoms with Gasteiger partial charge >= 0.3 is 0 Å². The summed E-state index contributed by atoms with van der Waals surface area (Å²) in [6.07, 6.45) is 7.02. The van der Waals surface area contributed by atoms with Gasteiger partial charge in [0.15, 0.2) is 0 Å². The lowest BCUT2D eigenvalue weighted by Gasteiger charge is -2.26. The Balaban J connectivity index is 2.10. The highest BCUT2D eigenvalue weighted by molar-refractivity contribution is 6.92. The van der Waals surface area contributed by atoms with E-state index < -0.39 is 8.07 Å². The maximum atomic E-state index is 2.56. The van der Waals surface area contributed by atoms with Gasteiger partial charge in [-0.05, 0) is 17.5 Å². The minimum Gasteiger partial charge on any atom is -0.0654 e. The van der Waals surface area contributed by atoms with Crippen LogP contribution in [0.2, 0.25) is 18.6 Å². The van der Waals surface area contributed by atoms with Gasteiger partial charge in [0.25, 0.3) is 0 Å². The van der Waals surface area contributed by atoms with Gasteiger partial charge in [0.05, 0.1) is 8.07 Å². The largest absolute Gasteiger partial charge is 0.0843 e. The summed E-state index contributed by atoms with van der Waals surface area (Å²) in [6.45, 7) is 7.43. The Morgan fingerprint density at radius 3 is 2.62 bits per heavy atom. The van der Waals surface area contributed by atoms with Crippen LogP contribution in [-0.4, -0.2) is 8.07 Å². The molecule has 0 saturated heterocycles. The van der Waals surface area contributed by atoms with Crippen LogP contribution in [0.5, 0.6) is 0 Å². The van der Waals surface area contributed by atoms with Crippen molar-refractivity contribution in [3.05, 3.63) is 29.8 Å². The third-order valence-corrected chi connectivity index (χ3v) is 8.76. The standard InChI is InChI=1S/C15H24Si/c1-4-5-6-10-14-12-13-9-7-8-11-15(13)16(14,2)3/h7-9,11,14H,4-6,10,12H2,1-3H3/t14-/m1/s1. The number of unbranched alkanes of at least 4 members (excludes halogenated alkanes) is 2. The van der Waals surface area contributed by atoms with Gasteiger partial charge in [-0.1, -0.05) is 75.2 Å². The molecule has 1 aromatic rings.